The number of nitrogens with two attached hydrogens (primary N) is 1. The van der Waals surface area contributed by atoms with Crippen LogP contribution in [0.15, 0.2) is 22.7 Å². The molecule has 0 spiro atoms. The van der Waals surface area contributed by atoms with Gasteiger partial charge in [0.15, 0.2) is 0 Å². The van der Waals surface area contributed by atoms with Crippen molar-refractivity contribution in [3.63, 3.8) is 0 Å². The average molecular weight is 332 g/mol. The van der Waals surface area contributed by atoms with Crippen LogP contribution >= 0.6 is 27.5 Å². The van der Waals surface area contributed by atoms with E-state index in [1.807, 2.05) is 23.1 Å². The zero-order chi connectivity index (χ0) is 13.1. The molecule has 0 saturated carbocycles. The molecule has 0 aromatic heterocycles. The molecule has 3 nitrogen and oxygen atoms in total. The number of benzene rings is 1. The van der Waals surface area contributed by atoms with Gasteiger partial charge in [-0.05, 0) is 46.5 Å². The van der Waals surface area contributed by atoms with Crippen molar-refractivity contribution < 1.29 is 4.79 Å². The van der Waals surface area contributed by atoms with E-state index < -0.39 is 0 Å². The first-order chi connectivity index (χ1) is 8.56. The molecule has 1 amide bonds. The monoisotopic (exact) mass is 330 g/mol. The molecule has 98 valence electrons. The third-order valence-electron chi connectivity index (χ3n) is 3.15. The highest BCUT2D eigenvalue weighted by atomic mass is 79.9. The molecular formula is C13H16BrClN2O. The minimum absolute atomic E-state index is 0.121. The lowest BCUT2D eigenvalue weighted by Crippen LogP contribution is -2.46. The fraction of sp³-hybridized carbons (Fsp3) is 0.462. The van der Waals surface area contributed by atoms with Crippen LogP contribution in [-0.4, -0.2) is 29.9 Å². The van der Waals surface area contributed by atoms with Crippen molar-refractivity contribution in [3.05, 3.63) is 33.3 Å². The molecule has 5 heteroatoms. The van der Waals surface area contributed by atoms with Gasteiger partial charge < -0.3 is 10.6 Å². The van der Waals surface area contributed by atoms with Crippen LogP contribution in [0.4, 0.5) is 0 Å². The summed E-state index contributed by atoms with van der Waals surface area (Å²) in [5.74, 6) is 0.128. The first-order valence-corrected chi connectivity index (χ1v) is 7.20. The first-order valence-electron chi connectivity index (χ1n) is 6.03. The van der Waals surface area contributed by atoms with Gasteiger partial charge in [-0.15, -0.1) is 0 Å². The second kappa shape index (κ2) is 6.04. The van der Waals surface area contributed by atoms with Gasteiger partial charge >= 0.3 is 0 Å². The number of hydrogen-bond acceptors (Lipinski definition) is 2. The molecule has 2 N–H and O–H groups in total. The van der Waals surface area contributed by atoms with Crippen molar-refractivity contribution in [3.8, 4) is 0 Å². The quantitative estimate of drug-likeness (QED) is 0.905. The minimum Gasteiger partial charge on any atom is -0.341 e. The molecule has 18 heavy (non-hydrogen) atoms. The predicted octanol–water partition coefficient (Wildman–Crippen LogP) is 2.59. The fourth-order valence-electron chi connectivity index (χ4n) is 2.17. The van der Waals surface area contributed by atoms with Crippen molar-refractivity contribution in [1.82, 2.24) is 4.90 Å². The lowest BCUT2D eigenvalue weighted by molar-refractivity contribution is -0.131. The summed E-state index contributed by atoms with van der Waals surface area (Å²) in [6.45, 7) is 1.49. The minimum atomic E-state index is 0.121. The van der Waals surface area contributed by atoms with Crippen molar-refractivity contribution >= 4 is 33.4 Å². The van der Waals surface area contributed by atoms with Crippen molar-refractivity contribution in [2.75, 3.05) is 13.1 Å². The van der Waals surface area contributed by atoms with Crippen molar-refractivity contribution in [2.45, 2.75) is 25.3 Å². The number of amides is 1. The fourth-order valence-corrected chi connectivity index (χ4v) is 2.62. The topological polar surface area (TPSA) is 46.3 Å². The van der Waals surface area contributed by atoms with E-state index >= 15 is 0 Å². The summed E-state index contributed by atoms with van der Waals surface area (Å²) < 4.78 is 0.848. The number of hydrogen-bond donors (Lipinski definition) is 1. The molecule has 2 rings (SSSR count). The summed E-state index contributed by atoms with van der Waals surface area (Å²) in [7, 11) is 0. The third kappa shape index (κ3) is 3.46. The van der Waals surface area contributed by atoms with Gasteiger partial charge in [0, 0.05) is 23.6 Å². The van der Waals surface area contributed by atoms with Gasteiger partial charge in [-0.3, -0.25) is 4.79 Å². The molecule has 1 aliphatic heterocycles. The Hall–Kier alpha value is -0.580. The zero-order valence-electron chi connectivity index (χ0n) is 10.0. The van der Waals surface area contributed by atoms with Crippen LogP contribution in [0.25, 0.3) is 0 Å². The van der Waals surface area contributed by atoms with E-state index in [2.05, 4.69) is 15.9 Å². The van der Waals surface area contributed by atoms with E-state index in [1.165, 1.54) is 0 Å². The van der Waals surface area contributed by atoms with E-state index in [-0.39, 0.29) is 11.9 Å². The number of rotatable bonds is 2. The van der Waals surface area contributed by atoms with E-state index in [0.717, 1.165) is 29.4 Å². The summed E-state index contributed by atoms with van der Waals surface area (Å²) in [4.78, 5) is 14.0. The van der Waals surface area contributed by atoms with E-state index in [0.29, 0.717) is 18.0 Å². The van der Waals surface area contributed by atoms with Gasteiger partial charge in [0.2, 0.25) is 5.91 Å². The number of piperidine rings is 1. The van der Waals surface area contributed by atoms with Gasteiger partial charge in [0.05, 0.1) is 11.4 Å². The molecule has 1 saturated heterocycles. The maximum atomic E-state index is 12.1. The molecule has 1 atom stereocenters. The van der Waals surface area contributed by atoms with Crippen molar-refractivity contribution in [1.29, 1.82) is 0 Å². The normalized spacial score (nSPS) is 19.9. The molecule has 1 heterocycles. The molecule has 1 aliphatic rings. The maximum Gasteiger partial charge on any atom is 0.227 e. The Labute approximate surface area is 120 Å². The van der Waals surface area contributed by atoms with Gasteiger partial charge in [0.25, 0.3) is 0 Å². The van der Waals surface area contributed by atoms with Crippen LogP contribution in [0, 0.1) is 0 Å². The Kier molecular flexibility index (Phi) is 4.65. The Balaban J connectivity index is 2.00. The summed E-state index contributed by atoms with van der Waals surface area (Å²) in [5.41, 5.74) is 6.82. The van der Waals surface area contributed by atoms with Gasteiger partial charge in [-0.25, -0.2) is 0 Å². The third-order valence-corrected chi connectivity index (χ3v) is 4.38. The highest BCUT2D eigenvalue weighted by Crippen LogP contribution is 2.23. The highest BCUT2D eigenvalue weighted by Gasteiger charge is 2.21. The lowest BCUT2D eigenvalue weighted by atomic mass is 10.1. The molecule has 1 aromatic rings. The standard InChI is InChI=1S/C13H16BrClN2O/c14-11-4-3-9(6-12(11)15)7-13(18)17-5-1-2-10(16)8-17/h3-4,6,10H,1-2,5,7-8,16H2/t10-/m1/s1. The van der Waals surface area contributed by atoms with E-state index in [4.69, 9.17) is 17.3 Å². The molecule has 0 unspecified atom stereocenters. The van der Waals surface area contributed by atoms with Gasteiger partial charge in [-0.1, -0.05) is 17.7 Å². The Bertz CT molecular complexity index is 453. The van der Waals surface area contributed by atoms with E-state index in [9.17, 15) is 4.79 Å². The van der Waals surface area contributed by atoms with Crippen LogP contribution in [0.3, 0.4) is 0 Å². The smallest absolute Gasteiger partial charge is 0.227 e. The van der Waals surface area contributed by atoms with Crippen LogP contribution in [0.5, 0.6) is 0 Å². The number of carbonyl (C=O) groups is 1. The molecule has 1 aromatic carbocycles. The van der Waals surface area contributed by atoms with Crippen LogP contribution in [0.1, 0.15) is 18.4 Å². The first kappa shape index (κ1) is 13.8. The molecular weight excluding hydrogens is 316 g/mol. The molecule has 0 aliphatic carbocycles. The summed E-state index contributed by atoms with van der Waals surface area (Å²) in [6.07, 6.45) is 2.39. The van der Waals surface area contributed by atoms with Gasteiger partial charge in [0.1, 0.15) is 0 Å². The SMILES string of the molecule is N[C@@H]1CCCN(C(=O)Cc2ccc(Br)c(Cl)c2)C1. The molecule has 0 radical (unpaired) electrons. The zero-order valence-corrected chi connectivity index (χ0v) is 12.4. The molecule has 1 fully saturated rings. The summed E-state index contributed by atoms with van der Waals surface area (Å²) in [5, 5.41) is 0.635. The predicted molar refractivity (Wildman–Crippen MR) is 76.6 cm³/mol. The Morgan fingerprint density at radius 2 is 2.33 bits per heavy atom. The number of likely N-dealkylation sites (tertiary alicyclic amines) is 1. The summed E-state index contributed by atoms with van der Waals surface area (Å²) in [6, 6.07) is 5.73. The lowest BCUT2D eigenvalue weighted by Gasteiger charge is -2.30. The van der Waals surface area contributed by atoms with Gasteiger partial charge in [-0.2, -0.15) is 0 Å². The number of halogens is 2. The number of carbonyl (C=O) groups excluding carboxylic acids is 1. The second-order valence-electron chi connectivity index (χ2n) is 4.67. The highest BCUT2D eigenvalue weighted by molar-refractivity contribution is 9.10. The van der Waals surface area contributed by atoms with Crippen LogP contribution in [0.2, 0.25) is 5.02 Å². The second-order valence-corrected chi connectivity index (χ2v) is 5.93. The maximum absolute atomic E-state index is 12.1. The Morgan fingerprint density at radius 3 is 3.00 bits per heavy atom. The van der Waals surface area contributed by atoms with E-state index in [1.54, 1.807) is 0 Å². The van der Waals surface area contributed by atoms with Crippen molar-refractivity contribution in [2.24, 2.45) is 5.73 Å². The summed E-state index contributed by atoms with van der Waals surface area (Å²) >= 11 is 9.35. The van der Waals surface area contributed by atoms with Crippen LogP contribution < -0.4 is 5.73 Å². The molecule has 0 bridgehead atoms. The average Bonchev–Trinajstić information content (AvgIpc) is 2.34. The van der Waals surface area contributed by atoms with Crippen LogP contribution in [-0.2, 0) is 11.2 Å². The number of nitrogens with zero attached hydrogens (tertiary/aromatic N) is 1. The Morgan fingerprint density at radius 1 is 1.56 bits per heavy atom. The largest absolute Gasteiger partial charge is 0.341 e.